The second kappa shape index (κ2) is 5.60. The van der Waals surface area contributed by atoms with E-state index in [-0.39, 0.29) is 5.92 Å². The first kappa shape index (κ1) is 15.0. The van der Waals surface area contributed by atoms with E-state index in [4.69, 9.17) is 0 Å². The van der Waals surface area contributed by atoms with Gasteiger partial charge in [0.05, 0.1) is 0 Å². The zero-order chi connectivity index (χ0) is 17.0. The van der Waals surface area contributed by atoms with Gasteiger partial charge in [-0.25, -0.2) is 0 Å². The molecule has 1 nitrogen and oxygen atoms in total. The largest absolute Gasteiger partial charge is 0.507 e. The van der Waals surface area contributed by atoms with Crippen LogP contribution in [0, 0.1) is 3.57 Å². The van der Waals surface area contributed by atoms with Crippen LogP contribution in [-0.4, -0.2) is 5.11 Å². The molecule has 0 bridgehead atoms. The van der Waals surface area contributed by atoms with E-state index in [1.54, 1.807) is 6.07 Å². The van der Waals surface area contributed by atoms with Crippen molar-refractivity contribution in [3.05, 3.63) is 99.1 Å². The van der Waals surface area contributed by atoms with Crippen molar-refractivity contribution in [1.82, 2.24) is 0 Å². The number of rotatable bonds is 1. The number of hydrogen-bond donors (Lipinski definition) is 1. The quantitative estimate of drug-likeness (QED) is 0.307. The Morgan fingerprint density at radius 3 is 2.40 bits per heavy atom. The van der Waals surface area contributed by atoms with Gasteiger partial charge in [0, 0.05) is 20.4 Å². The van der Waals surface area contributed by atoms with Crippen molar-refractivity contribution in [2.75, 3.05) is 0 Å². The van der Waals surface area contributed by atoms with Crippen molar-refractivity contribution in [1.29, 1.82) is 0 Å². The maximum Gasteiger partial charge on any atom is 0.123 e. The number of aromatic hydroxyl groups is 1. The van der Waals surface area contributed by atoms with Crippen molar-refractivity contribution in [3.8, 4) is 16.9 Å². The van der Waals surface area contributed by atoms with Crippen LogP contribution in [0.2, 0.25) is 0 Å². The molecule has 4 aromatic rings. The molecule has 2 heteroatoms. The van der Waals surface area contributed by atoms with E-state index in [0.717, 1.165) is 10.8 Å². The summed E-state index contributed by atoms with van der Waals surface area (Å²) in [5.74, 6) is 0.511. The highest BCUT2D eigenvalue weighted by atomic mass is 127. The Kier molecular flexibility index (Phi) is 3.35. The van der Waals surface area contributed by atoms with Gasteiger partial charge in [0.25, 0.3) is 0 Å². The number of hydrogen-bond acceptors (Lipinski definition) is 1. The van der Waals surface area contributed by atoms with Gasteiger partial charge in [0.2, 0.25) is 0 Å². The van der Waals surface area contributed by atoms with E-state index in [9.17, 15) is 5.11 Å². The lowest BCUT2D eigenvalue weighted by atomic mass is 9.86. The summed E-state index contributed by atoms with van der Waals surface area (Å²) in [6, 6.07) is 27.2. The molecule has 1 aliphatic carbocycles. The molecule has 0 amide bonds. The van der Waals surface area contributed by atoms with Crippen LogP contribution in [0.4, 0.5) is 0 Å². The Labute approximate surface area is 160 Å². The summed E-state index contributed by atoms with van der Waals surface area (Å²) >= 11 is 2.43. The molecular formula is C23H15IO. The highest BCUT2D eigenvalue weighted by molar-refractivity contribution is 14.1. The molecule has 0 aromatic heterocycles. The van der Waals surface area contributed by atoms with Gasteiger partial charge >= 0.3 is 0 Å². The van der Waals surface area contributed by atoms with E-state index in [1.807, 2.05) is 6.07 Å². The summed E-state index contributed by atoms with van der Waals surface area (Å²) in [7, 11) is 0. The van der Waals surface area contributed by atoms with Crippen molar-refractivity contribution < 1.29 is 5.11 Å². The number of fused-ring (bicyclic) bond motifs is 5. The predicted octanol–water partition coefficient (Wildman–Crippen LogP) is 6.31. The van der Waals surface area contributed by atoms with E-state index in [1.165, 1.54) is 31.4 Å². The van der Waals surface area contributed by atoms with Crippen LogP contribution in [0.3, 0.4) is 0 Å². The van der Waals surface area contributed by atoms with Gasteiger partial charge in [-0.05, 0) is 62.4 Å². The Morgan fingerprint density at radius 2 is 1.56 bits per heavy atom. The molecule has 1 N–H and O–H groups in total. The SMILES string of the molecule is Oc1cccc2cc(I)c3c(c12)C(c1ccccc1)c1ccccc1-3. The fraction of sp³-hybridized carbons (Fsp3) is 0.0435. The maximum atomic E-state index is 10.7. The zero-order valence-electron chi connectivity index (χ0n) is 13.4. The minimum absolute atomic E-state index is 0.151. The molecule has 25 heavy (non-hydrogen) atoms. The van der Waals surface area contributed by atoms with Crippen LogP contribution in [0.25, 0.3) is 21.9 Å². The normalized spacial score (nSPS) is 15.2. The topological polar surface area (TPSA) is 20.2 Å². The van der Waals surface area contributed by atoms with Gasteiger partial charge in [-0.15, -0.1) is 0 Å². The third-order valence-corrected chi connectivity index (χ3v) is 5.95. The summed E-state index contributed by atoms with van der Waals surface area (Å²) in [4.78, 5) is 0. The smallest absolute Gasteiger partial charge is 0.123 e. The Bertz CT molecular complexity index is 1120. The van der Waals surface area contributed by atoms with Gasteiger partial charge in [0.1, 0.15) is 5.75 Å². The van der Waals surface area contributed by atoms with Crippen LogP contribution in [0.15, 0.2) is 78.9 Å². The molecule has 1 aliphatic rings. The number of benzene rings is 4. The first-order valence-electron chi connectivity index (χ1n) is 8.34. The third-order valence-electron chi connectivity index (χ3n) is 5.10. The molecule has 0 spiro atoms. The van der Waals surface area contributed by atoms with E-state index < -0.39 is 0 Å². The summed E-state index contributed by atoms with van der Waals surface area (Å²) in [5.41, 5.74) is 6.35. The van der Waals surface area contributed by atoms with Gasteiger partial charge in [-0.1, -0.05) is 66.7 Å². The first-order valence-corrected chi connectivity index (χ1v) is 9.42. The number of phenolic OH excluding ortho intramolecular Hbond substituents is 1. The highest BCUT2D eigenvalue weighted by Gasteiger charge is 2.33. The lowest BCUT2D eigenvalue weighted by Gasteiger charge is -2.17. The van der Waals surface area contributed by atoms with Gasteiger partial charge < -0.3 is 5.11 Å². The summed E-state index contributed by atoms with van der Waals surface area (Å²) < 4.78 is 1.23. The molecule has 0 heterocycles. The molecule has 0 aliphatic heterocycles. The molecule has 0 saturated heterocycles. The van der Waals surface area contributed by atoms with Gasteiger partial charge in [-0.2, -0.15) is 0 Å². The molecule has 1 unspecified atom stereocenters. The highest BCUT2D eigenvalue weighted by Crippen LogP contribution is 2.53. The minimum Gasteiger partial charge on any atom is -0.507 e. The second-order valence-electron chi connectivity index (χ2n) is 6.45. The molecule has 120 valence electrons. The third kappa shape index (κ3) is 2.13. The fourth-order valence-electron chi connectivity index (χ4n) is 4.12. The van der Waals surface area contributed by atoms with Crippen molar-refractivity contribution in [2.24, 2.45) is 0 Å². The van der Waals surface area contributed by atoms with Crippen molar-refractivity contribution in [2.45, 2.75) is 5.92 Å². The van der Waals surface area contributed by atoms with Crippen molar-refractivity contribution in [3.63, 3.8) is 0 Å². The van der Waals surface area contributed by atoms with E-state index in [0.29, 0.717) is 5.75 Å². The number of phenols is 1. The van der Waals surface area contributed by atoms with Crippen molar-refractivity contribution >= 4 is 33.4 Å². The molecular weight excluding hydrogens is 419 g/mol. The number of halogens is 1. The first-order chi connectivity index (χ1) is 12.3. The predicted molar refractivity (Wildman–Crippen MR) is 111 cm³/mol. The van der Waals surface area contributed by atoms with Crippen LogP contribution < -0.4 is 0 Å². The lowest BCUT2D eigenvalue weighted by Crippen LogP contribution is -2.00. The Balaban J connectivity index is 1.97. The summed E-state index contributed by atoms with van der Waals surface area (Å²) in [6.45, 7) is 0. The van der Waals surface area contributed by atoms with E-state index in [2.05, 4.69) is 89.3 Å². The molecule has 5 rings (SSSR count). The fourth-order valence-corrected chi connectivity index (χ4v) is 5.04. The van der Waals surface area contributed by atoms with Crippen LogP contribution >= 0.6 is 22.6 Å². The standard InChI is InChI=1S/C23H15IO/c24-18-13-15-9-6-12-19(25)21(15)23-20(14-7-2-1-3-8-14)16-10-4-5-11-17(16)22(18)23/h1-13,20,25H. The maximum absolute atomic E-state index is 10.7. The molecule has 1 atom stereocenters. The average Bonchev–Trinajstić information content (AvgIpc) is 2.98. The zero-order valence-corrected chi connectivity index (χ0v) is 15.6. The molecule has 0 radical (unpaired) electrons. The van der Waals surface area contributed by atoms with Crippen LogP contribution in [0.5, 0.6) is 5.75 Å². The Morgan fingerprint density at radius 1 is 0.800 bits per heavy atom. The van der Waals surface area contributed by atoms with E-state index >= 15 is 0 Å². The molecule has 0 fully saturated rings. The minimum atomic E-state index is 0.151. The van der Waals surface area contributed by atoms with Gasteiger partial charge in [0.15, 0.2) is 0 Å². The van der Waals surface area contributed by atoms with Crippen LogP contribution in [-0.2, 0) is 0 Å². The van der Waals surface area contributed by atoms with Gasteiger partial charge in [-0.3, -0.25) is 0 Å². The Hall–Kier alpha value is -2.33. The summed E-state index contributed by atoms with van der Waals surface area (Å²) in [6.07, 6.45) is 0. The molecule has 4 aromatic carbocycles. The summed E-state index contributed by atoms with van der Waals surface area (Å²) in [5, 5.41) is 12.7. The second-order valence-corrected chi connectivity index (χ2v) is 7.62. The average molecular weight is 434 g/mol. The lowest BCUT2D eigenvalue weighted by molar-refractivity contribution is 0.481. The monoisotopic (exact) mass is 434 g/mol. The van der Waals surface area contributed by atoms with Crippen LogP contribution in [0.1, 0.15) is 22.6 Å². The molecule has 0 saturated carbocycles.